The smallest absolute Gasteiger partial charge is 0.326 e. The molecule has 1 aromatic heterocycles. The van der Waals surface area contributed by atoms with Gasteiger partial charge in [-0.15, -0.1) is 0 Å². The molecular weight excluding hydrogens is 268 g/mol. The molecular formula is C13H15ClN2O3. The number of aromatic nitrogens is 1. The van der Waals surface area contributed by atoms with Gasteiger partial charge in [-0.3, -0.25) is 14.5 Å². The molecule has 0 saturated heterocycles. The third-order valence-corrected chi connectivity index (χ3v) is 2.86. The van der Waals surface area contributed by atoms with Crippen molar-refractivity contribution in [3.8, 4) is 0 Å². The monoisotopic (exact) mass is 282 g/mol. The second-order valence-electron chi connectivity index (χ2n) is 5.35. The van der Waals surface area contributed by atoms with Gasteiger partial charge in [0.2, 0.25) is 5.91 Å². The van der Waals surface area contributed by atoms with Crippen molar-refractivity contribution in [1.29, 1.82) is 0 Å². The topological polar surface area (TPSA) is 59.5 Å². The molecule has 1 amide bonds. The summed E-state index contributed by atoms with van der Waals surface area (Å²) < 4.78 is 5.21. The number of ether oxygens (including phenoxy) is 1. The van der Waals surface area contributed by atoms with E-state index >= 15 is 0 Å². The summed E-state index contributed by atoms with van der Waals surface area (Å²) in [5, 5.41) is 0.229. The molecule has 1 aliphatic heterocycles. The van der Waals surface area contributed by atoms with E-state index in [1.165, 1.54) is 4.90 Å². The van der Waals surface area contributed by atoms with Gasteiger partial charge in [0.25, 0.3) is 0 Å². The van der Waals surface area contributed by atoms with Crippen LogP contribution in [0.5, 0.6) is 0 Å². The highest BCUT2D eigenvalue weighted by Gasteiger charge is 2.32. The molecule has 19 heavy (non-hydrogen) atoms. The van der Waals surface area contributed by atoms with E-state index in [9.17, 15) is 9.59 Å². The van der Waals surface area contributed by atoms with E-state index in [1.807, 2.05) is 0 Å². The number of pyridine rings is 1. The zero-order valence-corrected chi connectivity index (χ0v) is 11.8. The van der Waals surface area contributed by atoms with Crippen LogP contribution in [0.3, 0.4) is 0 Å². The summed E-state index contributed by atoms with van der Waals surface area (Å²) in [6, 6.07) is 1.73. The van der Waals surface area contributed by atoms with Crippen molar-refractivity contribution in [3.05, 3.63) is 23.0 Å². The molecule has 0 radical (unpaired) electrons. The number of carbonyl (C=O) groups excluding carboxylic acids is 2. The Bertz CT molecular complexity index is 537. The van der Waals surface area contributed by atoms with Crippen molar-refractivity contribution in [2.75, 3.05) is 11.4 Å². The van der Waals surface area contributed by atoms with Gasteiger partial charge in [0.05, 0.1) is 12.1 Å². The first kappa shape index (κ1) is 13.8. The van der Waals surface area contributed by atoms with Crippen molar-refractivity contribution in [1.82, 2.24) is 4.98 Å². The van der Waals surface area contributed by atoms with Gasteiger partial charge in [-0.05, 0) is 32.4 Å². The summed E-state index contributed by atoms with van der Waals surface area (Å²) in [6.07, 6.45) is 1.78. The summed E-state index contributed by atoms with van der Waals surface area (Å²) in [5.41, 5.74) is 0.718. The zero-order valence-electron chi connectivity index (χ0n) is 11.1. The van der Waals surface area contributed by atoms with E-state index in [1.54, 1.807) is 33.0 Å². The quantitative estimate of drug-likeness (QED) is 0.615. The second kappa shape index (κ2) is 4.81. The van der Waals surface area contributed by atoms with Crippen LogP contribution in [0.25, 0.3) is 0 Å². The number of fused-ring (bicyclic) bond motifs is 1. The number of carbonyl (C=O) groups is 2. The Labute approximate surface area is 116 Å². The molecule has 0 atom stereocenters. The number of nitrogens with zero attached hydrogens (tertiary/aromatic N) is 2. The standard InChI is InChI=1S/C13H15ClN2O3/c1-13(2,3)19-10(18)7-16-9(17)6-8-4-5-15-12(14)11(8)16/h4-5H,6-7H2,1-3H3. The molecule has 0 bridgehead atoms. The molecule has 0 fully saturated rings. The van der Waals surface area contributed by atoms with Gasteiger partial charge in [0.1, 0.15) is 12.1 Å². The van der Waals surface area contributed by atoms with E-state index in [0.717, 1.165) is 5.56 Å². The van der Waals surface area contributed by atoms with Crippen LogP contribution in [-0.2, 0) is 20.7 Å². The van der Waals surface area contributed by atoms with Crippen LogP contribution in [0.15, 0.2) is 12.3 Å². The number of rotatable bonds is 2. The molecule has 2 rings (SSSR count). The van der Waals surface area contributed by atoms with Gasteiger partial charge in [0, 0.05) is 6.20 Å². The van der Waals surface area contributed by atoms with E-state index in [2.05, 4.69) is 4.98 Å². The summed E-state index contributed by atoms with van der Waals surface area (Å²) in [4.78, 5) is 29.0. The Morgan fingerprint density at radius 3 is 2.84 bits per heavy atom. The van der Waals surface area contributed by atoms with Crippen LogP contribution in [0.4, 0.5) is 5.69 Å². The van der Waals surface area contributed by atoms with Gasteiger partial charge in [-0.25, -0.2) is 4.98 Å². The van der Waals surface area contributed by atoms with E-state index in [-0.39, 0.29) is 24.0 Å². The van der Waals surface area contributed by atoms with Crippen molar-refractivity contribution < 1.29 is 14.3 Å². The summed E-state index contributed by atoms with van der Waals surface area (Å²) >= 11 is 5.99. The van der Waals surface area contributed by atoms with Crippen molar-refractivity contribution >= 4 is 29.2 Å². The van der Waals surface area contributed by atoms with Gasteiger partial charge < -0.3 is 4.74 Å². The lowest BCUT2D eigenvalue weighted by atomic mass is 10.2. The number of hydrogen-bond donors (Lipinski definition) is 0. The molecule has 0 unspecified atom stereocenters. The summed E-state index contributed by atoms with van der Waals surface area (Å²) in [7, 11) is 0. The van der Waals surface area contributed by atoms with Crippen molar-refractivity contribution in [2.45, 2.75) is 32.8 Å². The lowest BCUT2D eigenvalue weighted by Crippen LogP contribution is -2.36. The molecule has 0 spiro atoms. The highest BCUT2D eigenvalue weighted by molar-refractivity contribution is 6.33. The minimum Gasteiger partial charge on any atom is -0.459 e. The largest absolute Gasteiger partial charge is 0.459 e. The lowest BCUT2D eigenvalue weighted by molar-refractivity contribution is -0.153. The second-order valence-corrected chi connectivity index (χ2v) is 5.71. The fraction of sp³-hybridized carbons (Fsp3) is 0.462. The first-order valence-corrected chi connectivity index (χ1v) is 6.31. The Kier molecular flexibility index (Phi) is 3.49. The maximum absolute atomic E-state index is 11.9. The number of amides is 1. The van der Waals surface area contributed by atoms with Gasteiger partial charge in [-0.2, -0.15) is 0 Å². The average molecular weight is 283 g/mol. The molecule has 102 valence electrons. The molecule has 0 N–H and O–H groups in total. The molecule has 0 aliphatic carbocycles. The number of anilines is 1. The molecule has 0 aromatic carbocycles. The highest BCUT2D eigenvalue weighted by Crippen LogP contribution is 2.34. The first-order chi connectivity index (χ1) is 8.78. The third kappa shape index (κ3) is 3.04. The van der Waals surface area contributed by atoms with Crippen LogP contribution in [0, 0.1) is 0 Å². The minimum atomic E-state index is -0.582. The van der Waals surface area contributed by atoms with Crippen LogP contribution in [-0.4, -0.2) is 29.0 Å². The summed E-state index contributed by atoms with van der Waals surface area (Å²) in [5.74, 6) is -0.635. The Morgan fingerprint density at radius 1 is 1.53 bits per heavy atom. The average Bonchev–Trinajstić information content (AvgIpc) is 2.54. The molecule has 0 saturated carbocycles. The number of hydrogen-bond acceptors (Lipinski definition) is 4. The predicted molar refractivity (Wildman–Crippen MR) is 71.1 cm³/mol. The minimum absolute atomic E-state index is 0.144. The van der Waals surface area contributed by atoms with Gasteiger partial charge >= 0.3 is 5.97 Å². The number of esters is 1. The van der Waals surface area contributed by atoms with Crippen molar-refractivity contribution in [3.63, 3.8) is 0 Å². The number of halogens is 1. The van der Waals surface area contributed by atoms with E-state index in [0.29, 0.717) is 5.69 Å². The predicted octanol–water partition coefficient (Wildman–Crippen LogP) is 1.97. The maximum Gasteiger partial charge on any atom is 0.326 e. The van der Waals surface area contributed by atoms with Gasteiger partial charge in [-0.1, -0.05) is 11.6 Å². The Balaban J connectivity index is 2.19. The Hall–Kier alpha value is -1.62. The summed E-state index contributed by atoms with van der Waals surface area (Å²) in [6.45, 7) is 5.19. The first-order valence-electron chi connectivity index (χ1n) is 5.93. The van der Waals surface area contributed by atoms with Crippen LogP contribution in [0.1, 0.15) is 26.3 Å². The van der Waals surface area contributed by atoms with Crippen LogP contribution < -0.4 is 4.90 Å². The fourth-order valence-electron chi connectivity index (χ4n) is 1.95. The molecule has 6 heteroatoms. The SMILES string of the molecule is CC(C)(C)OC(=O)CN1C(=O)Cc2ccnc(Cl)c21. The zero-order chi connectivity index (χ0) is 14.2. The van der Waals surface area contributed by atoms with Gasteiger partial charge in [0.15, 0.2) is 5.15 Å². The fourth-order valence-corrected chi connectivity index (χ4v) is 2.23. The molecule has 1 aromatic rings. The molecule has 1 aliphatic rings. The maximum atomic E-state index is 11.9. The van der Waals surface area contributed by atoms with E-state index in [4.69, 9.17) is 16.3 Å². The molecule has 2 heterocycles. The lowest BCUT2D eigenvalue weighted by Gasteiger charge is -2.22. The van der Waals surface area contributed by atoms with Crippen LogP contribution in [0.2, 0.25) is 5.15 Å². The third-order valence-electron chi connectivity index (χ3n) is 2.58. The van der Waals surface area contributed by atoms with E-state index < -0.39 is 11.6 Å². The normalized spacial score (nSPS) is 14.5. The van der Waals surface area contributed by atoms with Crippen LogP contribution >= 0.6 is 11.6 Å². The molecule has 5 nitrogen and oxygen atoms in total. The Morgan fingerprint density at radius 2 is 2.21 bits per heavy atom. The highest BCUT2D eigenvalue weighted by atomic mass is 35.5. The van der Waals surface area contributed by atoms with Crippen molar-refractivity contribution in [2.24, 2.45) is 0 Å².